The van der Waals surface area contributed by atoms with Crippen LogP contribution in [-0.4, -0.2) is 36.0 Å². The summed E-state index contributed by atoms with van der Waals surface area (Å²) in [4.78, 5) is 22.4. The van der Waals surface area contributed by atoms with Gasteiger partial charge in [0.25, 0.3) is 0 Å². The molecule has 2 amide bonds. The Balaban J connectivity index is 1.74. The van der Waals surface area contributed by atoms with Gasteiger partial charge in [0.2, 0.25) is 0 Å². The molecule has 1 saturated carbocycles. The second-order valence-electron chi connectivity index (χ2n) is 5.68. The van der Waals surface area contributed by atoms with E-state index < -0.39 is 17.3 Å². The molecule has 17 heavy (non-hydrogen) atoms. The monoisotopic (exact) mass is 242 g/mol. The molecule has 1 spiro atoms. The van der Waals surface area contributed by atoms with E-state index in [1.54, 1.807) is 0 Å². The molecule has 2 rings (SSSR count). The fourth-order valence-corrected chi connectivity index (χ4v) is 2.14. The predicted octanol–water partition coefficient (Wildman–Crippen LogP) is 1.15. The molecule has 1 saturated heterocycles. The minimum atomic E-state index is -0.493. The summed E-state index contributed by atoms with van der Waals surface area (Å²) in [5.74, 6) is 0. The van der Waals surface area contributed by atoms with Crippen molar-refractivity contribution in [1.82, 2.24) is 10.6 Å². The van der Waals surface area contributed by atoms with E-state index in [4.69, 9.17) is 9.47 Å². The van der Waals surface area contributed by atoms with Crippen molar-refractivity contribution in [3.8, 4) is 0 Å². The molecule has 6 heteroatoms. The molecule has 1 aliphatic carbocycles. The molecule has 1 heterocycles. The lowest BCUT2D eigenvalue weighted by molar-refractivity contribution is -0.0319. The van der Waals surface area contributed by atoms with Gasteiger partial charge in [0.1, 0.15) is 11.2 Å². The molecule has 0 aromatic carbocycles. The first-order chi connectivity index (χ1) is 7.78. The zero-order chi connectivity index (χ0) is 12.7. The minimum Gasteiger partial charge on any atom is -0.444 e. The third-order valence-electron chi connectivity index (χ3n) is 2.82. The van der Waals surface area contributed by atoms with Gasteiger partial charge >= 0.3 is 12.2 Å². The highest BCUT2D eigenvalue weighted by Crippen LogP contribution is 2.38. The topological polar surface area (TPSA) is 76.7 Å². The van der Waals surface area contributed by atoms with Gasteiger partial charge in [-0.1, -0.05) is 0 Å². The summed E-state index contributed by atoms with van der Waals surface area (Å²) < 4.78 is 10.3. The van der Waals surface area contributed by atoms with Crippen LogP contribution in [0.4, 0.5) is 9.59 Å². The van der Waals surface area contributed by atoms with E-state index in [0.29, 0.717) is 19.4 Å². The summed E-state index contributed by atoms with van der Waals surface area (Å²) in [5.41, 5.74) is -0.899. The zero-order valence-corrected chi connectivity index (χ0v) is 10.3. The molecule has 0 radical (unpaired) electrons. The average Bonchev–Trinajstić information content (AvgIpc) is 2.43. The van der Waals surface area contributed by atoms with Crippen LogP contribution in [0.1, 0.15) is 33.6 Å². The number of hydrogen-bond acceptors (Lipinski definition) is 4. The van der Waals surface area contributed by atoms with Crippen LogP contribution in [0, 0.1) is 0 Å². The van der Waals surface area contributed by atoms with Crippen LogP contribution in [0.15, 0.2) is 0 Å². The quantitative estimate of drug-likeness (QED) is 0.723. The van der Waals surface area contributed by atoms with E-state index in [-0.39, 0.29) is 12.1 Å². The Kier molecular flexibility index (Phi) is 2.67. The largest absolute Gasteiger partial charge is 0.444 e. The maximum Gasteiger partial charge on any atom is 0.407 e. The van der Waals surface area contributed by atoms with Gasteiger partial charge in [-0.25, -0.2) is 9.59 Å². The number of carbonyl (C=O) groups excluding carboxylic acids is 2. The Hall–Kier alpha value is -1.46. The third-order valence-corrected chi connectivity index (χ3v) is 2.82. The van der Waals surface area contributed by atoms with E-state index in [9.17, 15) is 9.59 Å². The third kappa shape index (κ3) is 2.81. The van der Waals surface area contributed by atoms with E-state index in [1.165, 1.54) is 0 Å². The summed E-state index contributed by atoms with van der Waals surface area (Å²) in [5, 5.41) is 5.38. The van der Waals surface area contributed by atoms with E-state index in [1.807, 2.05) is 20.8 Å². The van der Waals surface area contributed by atoms with Crippen molar-refractivity contribution in [2.75, 3.05) is 6.54 Å². The summed E-state index contributed by atoms with van der Waals surface area (Å²) >= 11 is 0. The smallest absolute Gasteiger partial charge is 0.407 e. The summed E-state index contributed by atoms with van der Waals surface area (Å²) in [6.07, 6.45) is 0.492. The Morgan fingerprint density at radius 1 is 1.53 bits per heavy atom. The van der Waals surface area contributed by atoms with Crippen molar-refractivity contribution in [1.29, 1.82) is 0 Å². The van der Waals surface area contributed by atoms with Crippen molar-refractivity contribution >= 4 is 12.2 Å². The van der Waals surface area contributed by atoms with Gasteiger partial charge in [0.15, 0.2) is 0 Å². The summed E-state index contributed by atoms with van der Waals surface area (Å²) in [7, 11) is 0. The summed E-state index contributed by atoms with van der Waals surface area (Å²) in [6, 6.07) is 0.0255. The fraction of sp³-hybridized carbons (Fsp3) is 0.818. The van der Waals surface area contributed by atoms with Crippen molar-refractivity contribution in [2.24, 2.45) is 0 Å². The number of ether oxygens (including phenoxy) is 2. The van der Waals surface area contributed by atoms with Crippen molar-refractivity contribution in [3.63, 3.8) is 0 Å². The fourth-order valence-electron chi connectivity index (χ4n) is 2.14. The Bertz CT molecular complexity index is 342. The van der Waals surface area contributed by atoms with Crippen molar-refractivity contribution in [2.45, 2.75) is 50.9 Å². The number of amides is 2. The van der Waals surface area contributed by atoms with E-state index in [0.717, 1.165) is 0 Å². The first kappa shape index (κ1) is 12.0. The second kappa shape index (κ2) is 3.78. The van der Waals surface area contributed by atoms with Crippen LogP contribution in [0.2, 0.25) is 0 Å². The molecule has 2 fully saturated rings. The Morgan fingerprint density at radius 3 is 2.65 bits per heavy atom. The van der Waals surface area contributed by atoms with Crippen molar-refractivity contribution in [3.05, 3.63) is 0 Å². The lowest BCUT2D eigenvalue weighted by Crippen LogP contribution is -2.57. The van der Waals surface area contributed by atoms with E-state index >= 15 is 0 Å². The normalized spacial score (nSPS) is 31.5. The molecule has 0 unspecified atom stereocenters. The molecule has 96 valence electrons. The van der Waals surface area contributed by atoms with Crippen molar-refractivity contribution < 1.29 is 19.1 Å². The van der Waals surface area contributed by atoms with Crippen LogP contribution in [0.5, 0.6) is 0 Å². The Labute approximate surface area is 100 Å². The molecular formula is C11H18N2O4. The molecule has 0 bridgehead atoms. The average molecular weight is 242 g/mol. The first-order valence-electron chi connectivity index (χ1n) is 5.74. The van der Waals surface area contributed by atoms with Gasteiger partial charge in [-0.3, -0.25) is 0 Å². The predicted molar refractivity (Wildman–Crippen MR) is 59.6 cm³/mol. The highest BCUT2D eigenvalue weighted by atomic mass is 16.6. The number of alkyl carbamates (subject to hydrolysis) is 2. The zero-order valence-electron chi connectivity index (χ0n) is 10.3. The lowest BCUT2D eigenvalue weighted by Gasteiger charge is -2.42. The number of carbonyl (C=O) groups is 2. The summed E-state index contributed by atoms with van der Waals surface area (Å²) in [6.45, 7) is 5.98. The van der Waals surface area contributed by atoms with Crippen LogP contribution in [0.3, 0.4) is 0 Å². The number of hydrogen-bond donors (Lipinski definition) is 2. The highest BCUT2D eigenvalue weighted by molar-refractivity contribution is 5.71. The SMILES string of the molecule is CC(C)(C)OC(=O)NC1CC2(CNC(=O)O2)C1. The van der Waals surface area contributed by atoms with Gasteiger partial charge in [0, 0.05) is 18.9 Å². The minimum absolute atomic E-state index is 0.0255. The lowest BCUT2D eigenvalue weighted by atomic mass is 9.76. The van der Waals surface area contributed by atoms with Crippen LogP contribution in [-0.2, 0) is 9.47 Å². The molecule has 2 N–H and O–H groups in total. The maximum absolute atomic E-state index is 11.5. The molecule has 1 aliphatic heterocycles. The standard InChI is InChI=1S/C11H18N2O4/c1-10(2,3)16-9(15)13-7-4-11(5-7)6-12-8(14)17-11/h7H,4-6H2,1-3H3,(H,12,14)(H,13,15). The van der Waals surface area contributed by atoms with Gasteiger partial charge < -0.3 is 20.1 Å². The van der Waals surface area contributed by atoms with Crippen LogP contribution < -0.4 is 10.6 Å². The maximum atomic E-state index is 11.5. The molecule has 2 aliphatic rings. The number of nitrogens with one attached hydrogen (secondary N) is 2. The van der Waals surface area contributed by atoms with Gasteiger partial charge in [-0.05, 0) is 20.8 Å². The first-order valence-corrected chi connectivity index (χ1v) is 5.74. The Morgan fingerprint density at radius 2 is 2.18 bits per heavy atom. The van der Waals surface area contributed by atoms with Gasteiger partial charge in [-0.15, -0.1) is 0 Å². The highest BCUT2D eigenvalue weighted by Gasteiger charge is 2.51. The molecule has 0 aromatic heterocycles. The number of rotatable bonds is 1. The van der Waals surface area contributed by atoms with Gasteiger partial charge in [0.05, 0.1) is 6.54 Å². The van der Waals surface area contributed by atoms with Crippen LogP contribution >= 0.6 is 0 Å². The second-order valence-corrected chi connectivity index (χ2v) is 5.68. The van der Waals surface area contributed by atoms with E-state index in [2.05, 4.69) is 10.6 Å². The molecular weight excluding hydrogens is 224 g/mol. The van der Waals surface area contributed by atoms with Crippen LogP contribution in [0.25, 0.3) is 0 Å². The molecule has 0 atom stereocenters. The molecule has 6 nitrogen and oxygen atoms in total. The molecule has 0 aromatic rings. The van der Waals surface area contributed by atoms with Gasteiger partial charge in [-0.2, -0.15) is 0 Å².